The lowest BCUT2D eigenvalue weighted by Crippen LogP contribution is -2.29. The van der Waals surface area contributed by atoms with Crippen molar-refractivity contribution in [1.29, 1.82) is 0 Å². The molecular weight excluding hydrogens is 636 g/mol. The zero-order valence-electron chi connectivity index (χ0n) is 27.7. The molecule has 0 amide bonds. The minimum Gasteiger partial charge on any atom is -0.544 e. The summed E-state index contributed by atoms with van der Waals surface area (Å²) < 4.78 is 6.43. The van der Waals surface area contributed by atoms with Gasteiger partial charge in [0.2, 0.25) is 8.32 Å². The molecule has 8 rings (SSSR count). The van der Waals surface area contributed by atoms with E-state index < -0.39 is 8.32 Å². The highest BCUT2D eigenvalue weighted by Crippen LogP contribution is 2.46. The molecule has 0 saturated heterocycles. The number of benzene rings is 8. The Hall–Kier alpha value is -5.25. The van der Waals surface area contributed by atoms with Crippen LogP contribution in [0, 0.1) is 0 Å². The van der Waals surface area contributed by atoms with E-state index in [0.717, 1.165) is 60.0 Å². The van der Waals surface area contributed by atoms with Gasteiger partial charge in [-0.2, -0.15) is 0 Å². The summed E-state index contributed by atoms with van der Waals surface area (Å²) in [6.07, 6.45) is 0. The van der Waals surface area contributed by atoms with Crippen molar-refractivity contribution in [2.45, 2.75) is 19.6 Å². The molecule has 3 radical (unpaired) electrons. The first-order valence-corrected chi connectivity index (χ1v) is 19.4. The largest absolute Gasteiger partial charge is 0.544 e. The summed E-state index contributed by atoms with van der Waals surface area (Å²) in [6, 6.07) is 47.2. The molecule has 0 fully saturated rings. The summed E-state index contributed by atoms with van der Waals surface area (Å²) in [5, 5.41) is 39.9. The van der Waals surface area contributed by atoms with Gasteiger partial charge in [-0.25, -0.2) is 0 Å². The number of phenolic OH excluding ortho intramolecular Hbond substituents is 3. The van der Waals surface area contributed by atoms with Crippen LogP contribution >= 0.6 is 0 Å². The molecule has 6 heteroatoms. The number of aromatic hydroxyl groups is 3. The maximum Gasteiger partial charge on any atom is 0.242 e. The Balaban J connectivity index is 0.000000169. The first-order chi connectivity index (χ1) is 23.2. The minimum absolute atomic E-state index is 0. The quantitative estimate of drug-likeness (QED) is 0.163. The zero-order valence-corrected chi connectivity index (χ0v) is 29.8. The topological polar surface area (TPSA) is 69.9 Å². The molecule has 0 spiro atoms. The van der Waals surface area contributed by atoms with E-state index in [4.69, 9.17) is 4.43 Å². The van der Waals surface area contributed by atoms with Crippen molar-refractivity contribution < 1.29 is 19.7 Å². The van der Waals surface area contributed by atoms with Gasteiger partial charge in [-0.3, -0.25) is 0 Å². The van der Waals surface area contributed by atoms with Crippen LogP contribution in [0.4, 0.5) is 0 Å². The van der Waals surface area contributed by atoms with E-state index in [9.17, 15) is 15.3 Å². The molecule has 0 saturated carbocycles. The van der Waals surface area contributed by atoms with Gasteiger partial charge in [0.25, 0.3) is 0 Å². The first-order valence-electron chi connectivity index (χ1n) is 16.0. The predicted octanol–water partition coefficient (Wildman–Crippen LogP) is 11.3. The predicted molar refractivity (Wildman–Crippen MR) is 209 cm³/mol. The van der Waals surface area contributed by atoms with E-state index in [0.29, 0.717) is 11.1 Å². The number of hydrogen-bond acceptors (Lipinski definition) is 4. The van der Waals surface area contributed by atoms with E-state index in [1.165, 1.54) is 0 Å². The molecule has 3 N–H and O–H groups in total. The van der Waals surface area contributed by atoms with Gasteiger partial charge in [0.15, 0.2) is 0 Å². The summed E-state index contributed by atoms with van der Waals surface area (Å²) in [6.45, 7) is 6.53. The lowest BCUT2D eigenvalue weighted by Gasteiger charge is -2.24. The summed E-state index contributed by atoms with van der Waals surface area (Å²) in [4.78, 5) is 0. The molecular formula is C43H36AlO4Si. The minimum atomic E-state index is -1.82. The normalized spacial score (nSPS) is 11.2. The highest BCUT2D eigenvalue weighted by Gasteiger charge is 2.23. The Kier molecular flexibility index (Phi) is 9.41. The zero-order chi connectivity index (χ0) is 33.4. The van der Waals surface area contributed by atoms with Crippen molar-refractivity contribution in [2.75, 3.05) is 0 Å². The molecule has 0 unspecified atom stereocenters. The highest BCUT2D eigenvalue weighted by atomic mass is 28.4. The summed E-state index contributed by atoms with van der Waals surface area (Å²) >= 11 is 0. The highest BCUT2D eigenvalue weighted by molar-refractivity contribution is 6.70. The van der Waals surface area contributed by atoms with Crippen LogP contribution < -0.4 is 4.43 Å². The first kappa shape index (κ1) is 33.6. The molecule has 0 aliphatic carbocycles. The maximum absolute atomic E-state index is 10.8. The van der Waals surface area contributed by atoms with Crippen LogP contribution in [0.3, 0.4) is 0 Å². The SMILES string of the molecule is C[Si](C)(C)Oc1ccc2ccccc2c1-c1c(O)ccc2ccccc12.Oc1ccc2ccccc2c1-c1c(O)ccc2ccccc12.[Al]. The van der Waals surface area contributed by atoms with Crippen molar-refractivity contribution in [1.82, 2.24) is 0 Å². The second kappa shape index (κ2) is 13.7. The average molecular weight is 672 g/mol. The van der Waals surface area contributed by atoms with Crippen LogP contribution in [0.2, 0.25) is 19.6 Å². The average Bonchev–Trinajstić information content (AvgIpc) is 3.09. The molecule has 0 heterocycles. The van der Waals surface area contributed by atoms with Crippen molar-refractivity contribution in [3.05, 3.63) is 146 Å². The standard InChI is InChI=1S/C23H22O2Si.C20H14O2.Al/c1-26(2,3)25-21-15-13-17-9-5-7-11-19(17)23(21)22-18-10-6-4-8-16(18)12-14-20(22)24;21-17-11-9-13-5-1-3-7-15(13)19(17)20-16-8-4-2-6-14(16)10-12-18(20)22;/h4-15,24H,1-3H3;1-12,21-22H;. The third kappa shape index (κ3) is 6.59. The van der Waals surface area contributed by atoms with Crippen LogP contribution in [-0.4, -0.2) is 41.0 Å². The van der Waals surface area contributed by atoms with Gasteiger partial charge in [0, 0.05) is 39.6 Å². The fourth-order valence-corrected chi connectivity index (χ4v) is 7.32. The summed E-state index contributed by atoms with van der Waals surface area (Å²) in [5.41, 5.74) is 3.16. The lowest BCUT2D eigenvalue weighted by molar-refractivity contribution is 0.470. The fraction of sp³-hybridized carbons (Fsp3) is 0.0698. The molecule has 0 atom stereocenters. The molecule has 8 aromatic rings. The van der Waals surface area contributed by atoms with Crippen LogP contribution in [0.15, 0.2) is 146 Å². The van der Waals surface area contributed by atoms with E-state index in [1.807, 2.05) is 97.1 Å². The third-order valence-corrected chi connectivity index (χ3v) is 9.36. The summed E-state index contributed by atoms with van der Waals surface area (Å²) in [7, 11) is -1.82. The molecule has 0 aromatic heterocycles. The van der Waals surface area contributed by atoms with Crippen LogP contribution in [0.25, 0.3) is 65.3 Å². The lowest BCUT2D eigenvalue weighted by atomic mass is 9.92. The number of hydrogen-bond donors (Lipinski definition) is 3. The Bertz CT molecular complexity index is 2380. The Morgan fingerprint density at radius 1 is 0.367 bits per heavy atom. The van der Waals surface area contributed by atoms with E-state index in [2.05, 4.69) is 50.0 Å². The van der Waals surface area contributed by atoms with Crippen molar-refractivity contribution in [3.8, 4) is 45.3 Å². The van der Waals surface area contributed by atoms with E-state index in [-0.39, 0.29) is 34.6 Å². The Morgan fingerprint density at radius 2 is 0.653 bits per heavy atom. The molecule has 4 nitrogen and oxygen atoms in total. The fourth-order valence-electron chi connectivity index (χ4n) is 6.49. The second-order valence-electron chi connectivity index (χ2n) is 12.9. The van der Waals surface area contributed by atoms with E-state index in [1.54, 1.807) is 18.2 Å². The van der Waals surface area contributed by atoms with Crippen molar-refractivity contribution in [3.63, 3.8) is 0 Å². The van der Waals surface area contributed by atoms with Crippen LogP contribution in [0.5, 0.6) is 23.0 Å². The van der Waals surface area contributed by atoms with Gasteiger partial charge in [0.1, 0.15) is 23.0 Å². The van der Waals surface area contributed by atoms with Gasteiger partial charge in [-0.1, -0.05) is 121 Å². The smallest absolute Gasteiger partial charge is 0.242 e. The molecule has 8 aromatic carbocycles. The second-order valence-corrected chi connectivity index (χ2v) is 17.3. The van der Waals surface area contributed by atoms with Crippen LogP contribution in [-0.2, 0) is 0 Å². The molecule has 239 valence electrons. The number of phenols is 3. The van der Waals surface area contributed by atoms with Gasteiger partial charge in [-0.05, 0) is 87.0 Å². The van der Waals surface area contributed by atoms with Crippen LogP contribution in [0.1, 0.15) is 0 Å². The number of rotatable bonds is 4. The molecule has 0 aliphatic heterocycles. The van der Waals surface area contributed by atoms with Gasteiger partial charge < -0.3 is 19.7 Å². The Labute approximate surface area is 297 Å². The van der Waals surface area contributed by atoms with E-state index >= 15 is 0 Å². The maximum atomic E-state index is 10.8. The van der Waals surface area contributed by atoms with Crippen molar-refractivity contribution in [2.24, 2.45) is 0 Å². The third-order valence-electron chi connectivity index (χ3n) is 8.53. The summed E-state index contributed by atoms with van der Waals surface area (Å²) in [5.74, 6) is 1.46. The molecule has 49 heavy (non-hydrogen) atoms. The monoisotopic (exact) mass is 671 g/mol. The molecule has 0 bridgehead atoms. The van der Waals surface area contributed by atoms with Gasteiger partial charge in [0.05, 0.1) is 0 Å². The molecule has 0 aliphatic rings. The number of fused-ring (bicyclic) bond motifs is 4. The van der Waals surface area contributed by atoms with Crippen molar-refractivity contribution >= 4 is 68.8 Å². The van der Waals surface area contributed by atoms with Gasteiger partial charge in [-0.15, -0.1) is 0 Å². The Morgan fingerprint density at radius 3 is 1.00 bits per heavy atom. The van der Waals surface area contributed by atoms with Gasteiger partial charge >= 0.3 is 0 Å².